The normalized spacial score (nSPS) is 12.3. The molecule has 0 bridgehead atoms. The van der Waals surface area contributed by atoms with Gasteiger partial charge in [0, 0.05) is 19.0 Å². The predicted octanol–water partition coefficient (Wildman–Crippen LogP) is 1.55. The van der Waals surface area contributed by atoms with E-state index in [9.17, 15) is 0 Å². The molecule has 1 aromatic heterocycles. The van der Waals surface area contributed by atoms with Crippen molar-refractivity contribution in [3.63, 3.8) is 0 Å². The van der Waals surface area contributed by atoms with Crippen LogP contribution >= 0.6 is 11.6 Å². The minimum absolute atomic E-state index is 0.0769. The highest BCUT2D eigenvalue weighted by molar-refractivity contribution is 6.20. The molecule has 78 valence electrons. The standard InChI is InChI=1S/C9H14ClN3O/c1-7(10)6-13(2)8-4-11-5-9(12-8)14-3/h4-5,7H,6H2,1-3H3. The number of halogens is 1. The Labute approximate surface area is 88.9 Å². The molecule has 0 amide bonds. The van der Waals surface area contributed by atoms with E-state index in [1.54, 1.807) is 19.5 Å². The van der Waals surface area contributed by atoms with Crippen LogP contribution in [-0.2, 0) is 0 Å². The van der Waals surface area contributed by atoms with Gasteiger partial charge in [-0.1, -0.05) is 0 Å². The molecule has 0 aliphatic carbocycles. The molecule has 0 N–H and O–H groups in total. The summed E-state index contributed by atoms with van der Waals surface area (Å²) in [4.78, 5) is 10.2. The maximum atomic E-state index is 5.88. The van der Waals surface area contributed by atoms with Gasteiger partial charge < -0.3 is 9.64 Å². The van der Waals surface area contributed by atoms with Gasteiger partial charge in [0.05, 0.1) is 19.5 Å². The number of methoxy groups -OCH3 is 1. The number of alkyl halides is 1. The van der Waals surface area contributed by atoms with Crippen molar-refractivity contribution < 1.29 is 4.74 Å². The Morgan fingerprint density at radius 2 is 2.29 bits per heavy atom. The van der Waals surface area contributed by atoms with E-state index in [0.29, 0.717) is 5.88 Å². The molecular formula is C9H14ClN3O. The van der Waals surface area contributed by atoms with E-state index in [0.717, 1.165) is 12.4 Å². The fourth-order valence-electron chi connectivity index (χ4n) is 1.09. The van der Waals surface area contributed by atoms with Crippen LogP contribution in [0.25, 0.3) is 0 Å². The van der Waals surface area contributed by atoms with Crippen molar-refractivity contribution in [1.29, 1.82) is 0 Å². The Balaban J connectivity index is 2.73. The summed E-state index contributed by atoms with van der Waals surface area (Å²) in [7, 11) is 3.49. The van der Waals surface area contributed by atoms with Crippen molar-refractivity contribution in [1.82, 2.24) is 9.97 Å². The zero-order valence-corrected chi connectivity index (χ0v) is 9.32. The number of aromatic nitrogens is 2. The summed E-state index contributed by atoms with van der Waals surface area (Å²) in [5.74, 6) is 1.27. The Kier molecular flexibility index (Phi) is 3.95. The highest BCUT2D eigenvalue weighted by Gasteiger charge is 2.06. The zero-order valence-electron chi connectivity index (χ0n) is 8.57. The van der Waals surface area contributed by atoms with E-state index < -0.39 is 0 Å². The molecule has 4 nitrogen and oxygen atoms in total. The first-order valence-electron chi connectivity index (χ1n) is 4.34. The van der Waals surface area contributed by atoms with Gasteiger partial charge in [-0.2, -0.15) is 4.98 Å². The molecule has 0 aliphatic heterocycles. The van der Waals surface area contributed by atoms with Crippen LogP contribution in [0.2, 0.25) is 0 Å². The van der Waals surface area contributed by atoms with Gasteiger partial charge >= 0.3 is 0 Å². The van der Waals surface area contributed by atoms with E-state index in [1.165, 1.54) is 0 Å². The summed E-state index contributed by atoms with van der Waals surface area (Å²) < 4.78 is 4.98. The van der Waals surface area contributed by atoms with Crippen LogP contribution in [0.4, 0.5) is 5.82 Å². The number of rotatable bonds is 4. The second-order valence-electron chi connectivity index (χ2n) is 3.08. The van der Waals surface area contributed by atoms with Crippen molar-refractivity contribution in [2.75, 3.05) is 25.6 Å². The fraction of sp³-hybridized carbons (Fsp3) is 0.556. The van der Waals surface area contributed by atoms with Crippen LogP contribution in [-0.4, -0.2) is 36.0 Å². The maximum Gasteiger partial charge on any atom is 0.233 e. The molecule has 1 heterocycles. The average molecular weight is 216 g/mol. The summed E-state index contributed by atoms with van der Waals surface area (Å²) >= 11 is 5.88. The molecule has 0 saturated heterocycles. The number of hydrogen-bond donors (Lipinski definition) is 0. The van der Waals surface area contributed by atoms with Gasteiger partial charge in [0.2, 0.25) is 5.88 Å². The van der Waals surface area contributed by atoms with Gasteiger partial charge in [0.15, 0.2) is 5.82 Å². The molecule has 1 atom stereocenters. The van der Waals surface area contributed by atoms with Crippen LogP contribution in [0.15, 0.2) is 12.4 Å². The molecule has 0 radical (unpaired) electrons. The average Bonchev–Trinajstić information content (AvgIpc) is 2.17. The summed E-state index contributed by atoms with van der Waals surface area (Å²) in [6.07, 6.45) is 3.25. The first-order chi connectivity index (χ1) is 6.63. The third-order valence-electron chi connectivity index (χ3n) is 1.73. The lowest BCUT2D eigenvalue weighted by molar-refractivity contribution is 0.395. The second-order valence-corrected chi connectivity index (χ2v) is 3.83. The van der Waals surface area contributed by atoms with E-state index in [1.807, 2.05) is 18.9 Å². The minimum atomic E-state index is 0.0769. The van der Waals surface area contributed by atoms with Crippen molar-refractivity contribution in [2.45, 2.75) is 12.3 Å². The van der Waals surface area contributed by atoms with E-state index >= 15 is 0 Å². The van der Waals surface area contributed by atoms with Gasteiger partial charge in [0.25, 0.3) is 0 Å². The summed E-state index contributed by atoms with van der Waals surface area (Å²) in [5, 5.41) is 0.0769. The summed E-state index contributed by atoms with van der Waals surface area (Å²) in [6.45, 7) is 2.66. The third-order valence-corrected chi connectivity index (χ3v) is 1.86. The molecule has 0 saturated carbocycles. The highest BCUT2D eigenvalue weighted by Crippen LogP contribution is 2.12. The Morgan fingerprint density at radius 3 is 2.86 bits per heavy atom. The first kappa shape index (κ1) is 11.0. The smallest absolute Gasteiger partial charge is 0.233 e. The van der Waals surface area contributed by atoms with Crippen molar-refractivity contribution in [3.8, 4) is 5.88 Å². The molecule has 1 unspecified atom stereocenters. The zero-order chi connectivity index (χ0) is 10.6. The Morgan fingerprint density at radius 1 is 1.57 bits per heavy atom. The molecule has 0 fully saturated rings. The second kappa shape index (κ2) is 5.00. The van der Waals surface area contributed by atoms with Crippen LogP contribution in [0.5, 0.6) is 5.88 Å². The van der Waals surface area contributed by atoms with E-state index in [4.69, 9.17) is 16.3 Å². The molecule has 14 heavy (non-hydrogen) atoms. The topological polar surface area (TPSA) is 38.2 Å². The van der Waals surface area contributed by atoms with Crippen LogP contribution < -0.4 is 9.64 Å². The van der Waals surface area contributed by atoms with E-state index in [2.05, 4.69) is 9.97 Å². The van der Waals surface area contributed by atoms with Gasteiger partial charge in [0.1, 0.15) is 0 Å². The molecule has 0 aliphatic rings. The molecule has 0 spiro atoms. The minimum Gasteiger partial charge on any atom is -0.480 e. The van der Waals surface area contributed by atoms with Crippen molar-refractivity contribution >= 4 is 17.4 Å². The number of anilines is 1. The van der Waals surface area contributed by atoms with Gasteiger partial charge in [-0.25, -0.2) is 0 Å². The SMILES string of the molecule is COc1cncc(N(C)CC(C)Cl)n1. The Bertz CT molecular complexity index is 293. The lowest BCUT2D eigenvalue weighted by Gasteiger charge is -2.18. The van der Waals surface area contributed by atoms with Gasteiger partial charge in [-0.05, 0) is 6.92 Å². The summed E-state index contributed by atoms with van der Waals surface area (Å²) in [5.41, 5.74) is 0. The molecule has 1 rings (SSSR count). The number of hydrogen-bond acceptors (Lipinski definition) is 4. The molecule has 1 aromatic rings. The maximum absolute atomic E-state index is 5.88. The fourth-order valence-corrected chi connectivity index (χ4v) is 1.30. The molecule has 5 heteroatoms. The van der Waals surface area contributed by atoms with E-state index in [-0.39, 0.29) is 5.38 Å². The monoisotopic (exact) mass is 215 g/mol. The Hall–Kier alpha value is -1.03. The lowest BCUT2D eigenvalue weighted by atomic mass is 10.4. The number of ether oxygens (including phenoxy) is 1. The molecule has 0 aromatic carbocycles. The van der Waals surface area contributed by atoms with Gasteiger partial charge in [-0.15, -0.1) is 11.6 Å². The third kappa shape index (κ3) is 3.03. The van der Waals surface area contributed by atoms with Crippen molar-refractivity contribution in [2.24, 2.45) is 0 Å². The lowest BCUT2D eigenvalue weighted by Crippen LogP contribution is -2.25. The van der Waals surface area contributed by atoms with Crippen LogP contribution in [0.1, 0.15) is 6.92 Å². The van der Waals surface area contributed by atoms with Gasteiger partial charge in [-0.3, -0.25) is 4.98 Å². The predicted molar refractivity (Wildman–Crippen MR) is 57.2 cm³/mol. The molecular weight excluding hydrogens is 202 g/mol. The first-order valence-corrected chi connectivity index (χ1v) is 4.78. The summed E-state index contributed by atoms with van der Waals surface area (Å²) in [6, 6.07) is 0. The van der Waals surface area contributed by atoms with Crippen molar-refractivity contribution in [3.05, 3.63) is 12.4 Å². The largest absolute Gasteiger partial charge is 0.480 e. The number of nitrogens with zero attached hydrogens (tertiary/aromatic N) is 3. The quantitative estimate of drug-likeness (QED) is 0.715. The van der Waals surface area contributed by atoms with Crippen LogP contribution in [0.3, 0.4) is 0 Å². The highest BCUT2D eigenvalue weighted by atomic mass is 35.5. The van der Waals surface area contributed by atoms with Crippen LogP contribution in [0, 0.1) is 0 Å².